The summed E-state index contributed by atoms with van der Waals surface area (Å²) in [6.07, 6.45) is 9.24. The van der Waals surface area contributed by atoms with E-state index in [2.05, 4.69) is 89.3 Å². The zero-order chi connectivity index (χ0) is 35.3. The molecular weight excluding hydrogens is 605 g/mol. The summed E-state index contributed by atoms with van der Waals surface area (Å²) >= 11 is 0. The number of amides is 1. The second-order valence-corrected chi connectivity index (χ2v) is 15.1. The van der Waals surface area contributed by atoms with Crippen molar-refractivity contribution in [1.82, 2.24) is 9.88 Å². The summed E-state index contributed by atoms with van der Waals surface area (Å²) in [5.74, 6) is 1.77. The van der Waals surface area contributed by atoms with E-state index in [9.17, 15) is 4.79 Å². The smallest absolute Gasteiger partial charge is 0.272 e. The van der Waals surface area contributed by atoms with Gasteiger partial charge in [-0.15, -0.1) is 17.2 Å². The van der Waals surface area contributed by atoms with Crippen LogP contribution in [0.4, 0.5) is 11.4 Å². The predicted octanol–water partition coefficient (Wildman–Crippen LogP) is 9.99. The van der Waals surface area contributed by atoms with Crippen molar-refractivity contribution >= 4 is 43.7 Å². The lowest BCUT2D eigenvalue weighted by Crippen LogP contribution is -2.18. The van der Waals surface area contributed by atoms with E-state index < -0.39 is 0 Å². The molecule has 0 saturated heterocycles. The molecule has 1 unspecified atom stereocenters. The predicted molar refractivity (Wildman–Crippen MR) is 208 cm³/mol. The lowest BCUT2D eigenvalue weighted by Gasteiger charge is -2.24. The lowest BCUT2D eigenvalue weighted by atomic mass is 9.86. The minimum Gasteiger partial charge on any atom is -0.492 e. The molecule has 0 bridgehead atoms. The molecule has 3 rings (SSSR count). The van der Waals surface area contributed by atoms with Crippen molar-refractivity contribution in [3.63, 3.8) is 0 Å². The van der Waals surface area contributed by atoms with Gasteiger partial charge in [-0.1, -0.05) is 58.1 Å². The maximum Gasteiger partial charge on any atom is 0.272 e. The lowest BCUT2D eigenvalue weighted by molar-refractivity contribution is 0.101. The number of hydrogen-bond donors (Lipinski definition) is 3. The highest BCUT2D eigenvalue weighted by atomic mass is 32.2. The molecule has 0 fully saturated rings. The SMILES string of the molecule is C=C(C)CCCNCCC.C=C/C=C(\C)Oc1cccc2cc(C(=O)Nc3cc(C(C)(C)C)cc(NS(C)=C(C)C)c3OC)n(C)c12. The van der Waals surface area contributed by atoms with E-state index in [1.807, 2.05) is 48.9 Å². The van der Waals surface area contributed by atoms with Gasteiger partial charge in [0.05, 0.1) is 24.0 Å². The Bertz CT molecular complexity index is 1600. The summed E-state index contributed by atoms with van der Waals surface area (Å²) < 4.78 is 17.3. The van der Waals surface area contributed by atoms with Crippen LogP contribution in [0.2, 0.25) is 0 Å². The summed E-state index contributed by atoms with van der Waals surface area (Å²) in [7, 11) is 3.34. The molecule has 258 valence electrons. The number of rotatable bonds is 14. The first kappa shape index (κ1) is 39.4. The van der Waals surface area contributed by atoms with E-state index >= 15 is 0 Å². The van der Waals surface area contributed by atoms with Crippen LogP contribution < -0.4 is 24.8 Å². The van der Waals surface area contributed by atoms with Gasteiger partial charge in [0.1, 0.15) is 11.5 Å². The first-order chi connectivity index (χ1) is 22.1. The minimum absolute atomic E-state index is 0.123. The highest BCUT2D eigenvalue weighted by Gasteiger charge is 2.23. The van der Waals surface area contributed by atoms with Crippen LogP contribution in [0.25, 0.3) is 10.9 Å². The number of benzene rings is 2. The number of fused-ring (bicyclic) bond motifs is 1. The van der Waals surface area contributed by atoms with Crippen molar-refractivity contribution in [3.05, 3.63) is 84.3 Å². The fraction of sp³-hybridized carbons (Fsp3) is 0.436. The molecule has 1 amide bonds. The average Bonchev–Trinajstić information content (AvgIpc) is 3.34. The minimum atomic E-state index is -0.230. The standard InChI is InChI=1S/C30H39N3O3S.C9H19N/c1-11-13-20(4)36-26-15-12-14-21-16-25(33(8)27(21)26)29(34)31-23-17-22(30(5,6)7)18-24(28(23)35-9)32-37(10)19(2)3;1-4-7-10-8-5-6-9(2)3/h11-18,32H,1H2,2-10H3,(H,31,34);10H,2,4-8H2,1,3H3/b20-13+;. The van der Waals surface area contributed by atoms with Crippen LogP contribution >= 0.6 is 10.7 Å². The van der Waals surface area contributed by atoms with Gasteiger partial charge in [0.2, 0.25) is 0 Å². The van der Waals surface area contributed by atoms with Gasteiger partial charge < -0.3 is 29.4 Å². The molecule has 0 aliphatic heterocycles. The Labute approximate surface area is 286 Å². The largest absolute Gasteiger partial charge is 0.492 e. The van der Waals surface area contributed by atoms with Gasteiger partial charge in [-0.25, -0.2) is 0 Å². The molecule has 3 aromatic rings. The second-order valence-electron chi connectivity index (χ2n) is 13.0. The van der Waals surface area contributed by atoms with Crippen LogP contribution in [-0.4, -0.2) is 41.8 Å². The molecule has 7 nitrogen and oxygen atoms in total. The molecule has 2 aromatic carbocycles. The van der Waals surface area contributed by atoms with Crippen molar-refractivity contribution in [3.8, 4) is 11.5 Å². The van der Waals surface area contributed by atoms with Crippen LogP contribution in [0.1, 0.15) is 90.7 Å². The van der Waals surface area contributed by atoms with Gasteiger partial charge in [-0.05, 0) is 112 Å². The number of aryl methyl sites for hydroxylation is 1. The number of nitrogens with zero attached hydrogens (tertiary/aromatic N) is 1. The topological polar surface area (TPSA) is 76.6 Å². The summed E-state index contributed by atoms with van der Waals surface area (Å²) in [5, 5.41) is 7.39. The van der Waals surface area contributed by atoms with Gasteiger partial charge in [0.25, 0.3) is 5.91 Å². The maximum absolute atomic E-state index is 13.6. The number of methoxy groups -OCH3 is 1. The van der Waals surface area contributed by atoms with E-state index in [1.165, 1.54) is 23.3 Å². The quantitative estimate of drug-likeness (QED) is 0.0527. The number of ether oxygens (including phenoxy) is 2. The number of nitrogens with one attached hydrogen (secondary N) is 3. The molecule has 1 aromatic heterocycles. The van der Waals surface area contributed by atoms with Crippen LogP contribution in [-0.2, 0) is 12.5 Å². The Hall–Kier alpha value is -3.75. The molecule has 1 atom stereocenters. The third-order valence-corrected chi connectivity index (χ3v) is 9.29. The van der Waals surface area contributed by atoms with Crippen molar-refractivity contribution in [2.75, 3.05) is 36.5 Å². The summed E-state index contributed by atoms with van der Waals surface area (Å²) in [6.45, 7) is 26.7. The third-order valence-electron chi connectivity index (χ3n) is 7.54. The number of hydrogen-bond acceptors (Lipinski definition) is 5. The summed E-state index contributed by atoms with van der Waals surface area (Å²) in [5.41, 5.74) is 5.09. The van der Waals surface area contributed by atoms with E-state index in [-0.39, 0.29) is 22.0 Å². The summed E-state index contributed by atoms with van der Waals surface area (Å²) in [6, 6.07) is 11.8. The second kappa shape index (κ2) is 18.6. The molecule has 0 aliphatic carbocycles. The van der Waals surface area contributed by atoms with Gasteiger partial charge >= 0.3 is 0 Å². The van der Waals surface area contributed by atoms with Gasteiger partial charge in [0.15, 0.2) is 11.5 Å². The number of allylic oxidation sites excluding steroid dienone is 4. The molecule has 0 aliphatic rings. The van der Waals surface area contributed by atoms with Crippen molar-refractivity contribution in [1.29, 1.82) is 0 Å². The molecule has 0 spiro atoms. The molecular formula is C39H58N4O3S. The zero-order valence-electron chi connectivity index (χ0n) is 30.6. The van der Waals surface area contributed by atoms with Crippen LogP contribution in [0.3, 0.4) is 0 Å². The Morgan fingerprint density at radius 2 is 1.74 bits per heavy atom. The fourth-order valence-electron chi connectivity index (χ4n) is 4.77. The van der Waals surface area contributed by atoms with E-state index in [0.29, 0.717) is 28.6 Å². The molecule has 47 heavy (non-hydrogen) atoms. The molecule has 3 N–H and O–H groups in total. The highest BCUT2D eigenvalue weighted by molar-refractivity contribution is 8.16. The van der Waals surface area contributed by atoms with Crippen LogP contribution in [0.5, 0.6) is 11.5 Å². The average molecular weight is 663 g/mol. The van der Waals surface area contributed by atoms with Crippen molar-refractivity contribution in [2.24, 2.45) is 7.05 Å². The summed E-state index contributed by atoms with van der Waals surface area (Å²) in [4.78, 5) is 14.9. The maximum atomic E-state index is 13.6. The number of para-hydroxylation sites is 1. The number of aromatic nitrogens is 1. The van der Waals surface area contributed by atoms with E-state index in [1.54, 1.807) is 19.3 Å². The van der Waals surface area contributed by atoms with E-state index in [4.69, 9.17) is 9.47 Å². The molecule has 8 heteroatoms. The van der Waals surface area contributed by atoms with Crippen LogP contribution in [0.15, 0.2) is 73.0 Å². The highest BCUT2D eigenvalue weighted by Crippen LogP contribution is 2.41. The van der Waals surface area contributed by atoms with E-state index in [0.717, 1.165) is 41.7 Å². The van der Waals surface area contributed by atoms with Crippen LogP contribution in [0, 0.1) is 0 Å². The number of anilines is 2. The van der Waals surface area contributed by atoms with Gasteiger partial charge in [-0.2, -0.15) is 0 Å². The number of carbonyl (C=O) groups is 1. The Kier molecular flexibility index (Phi) is 15.6. The normalized spacial score (nSPS) is 12.1. The zero-order valence-corrected chi connectivity index (χ0v) is 31.5. The molecule has 0 saturated carbocycles. The van der Waals surface area contributed by atoms with Gasteiger partial charge in [-0.3, -0.25) is 4.79 Å². The molecule has 0 radical (unpaired) electrons. The van der Waals surface area contributed by atoms with Crippen molar-refractivity contribution < 1.29 is 14.3 Å². The number of carbonyl (C=O) groups excluding carboxylic acids is 1. The van der Waals surface area contributed by atoms with Gasteiger partial charge in [0, 0.05) is 12.4 Å². The monoisotopic (exact) mass is 662 g/mol. The Balaban J connectivity index is 0.000000663. The van der Waals surface area contributed by atoms with Crippen molar-refractivity contribution in [2.45, 2.75) is 80.1 Å². The third kappa shape index (κ3) is 11.8. The fourth-order valence-corrected chi connectivity index (χ4v) is 5.46. The first-order valence-corrected chi connectivity index (χ1v) is 17.9. The first-order valence-electron chi connectivity index (χ1n) is 16.3. The molecule has 1 heterocycles. The Morgan fingerprint density at radius 3 is 2.32 bits per heavy atom. The Morgan fingerprint density at radius 1 is 1.06 bits per heavy atom.